The highest BCUT2D eigenvalue weighted by atomic mass is 16.5. The Morgan fingerprint density at radius 1 is 1.15 bits per heavy atom. The van der Waals surface area contributed by atoms with Gasteiger partial charge in [0.25, 0.3) is 0 Å². The van der Waals surface area contributed by atoms with Gasteiger partial charge in [-0.15, -0.1) is 0 Å². The van der Waals surface area contributed by atoms with Crippen LogP contribution in [0.15, 0.2) is 11.6 Å². The summed E-state index contributed by atoms with van der Waals surface area (Å²) >= 11 is 0. The van der Waals surface area contributed by atoms with Crippen molar-refractivity contribution in [2.45, 2.75) is 72.1 Å². The molecule has 3 fully saturated rings. The molecule has 4 heteroatoms. The van der Waals surface area contributed by atoms with Crippen LogP contribution < -0.4 is 0 Å². The summed E-state index contributed by atoms with van der Waals surface area (Å²) in [6.45, 7) is 6.73. The molecule has 0 unspecified atom stereocenters. The van der Waals surface area contributed by atoms with Crippen LogP contribution in [-0.4, -0.2) is 24.1 Å². The van der Waals surface area contributed by atoms with Crippen molar-refractivity contribution in [3.05, 3.63) is 11.6 Å². The highest BCUT2D eigenvalue weighted by molar-refractivity contribution is 5.92. The first-order chi connectivity index (χ1) is 12.8. The van der Waals surface area contributed by atoms with Crippen LogP contribution in [0.5, 0.6) is 0 Å². The molecule has 0 spiro atoms. The zero-order chi connectivity index (χ0) is 19.4. The molecule has 4 aliphatic carbocycles. The van der Waals surface area contributed by atoms with E-state index in [0.717, 1.165) is 32.1 Å². The van der Waals surface area contributed by atoms with E-state index >= 15 is 0 Å². The lowest BCUT2D eigenvalue weighted by Crippen LogP contribution is -2.51. The average Bonchev–Trinajstić information content (AvgIpc) is 2.86. The highest BCUT2D eigenvalue weighted by Crippen LogP contribution is 2.65. The summed E-state index contributed by atoms with van der Waals surface area (Å²) in [5.41, 5.74) is 1.16. The van der Waals surface area contributed by atoms with E-state index in [2.05, 4.69) is 13.8 Å². The summed E-state index contributed by atoms with van der Waals surface area (Å²) in [4.78, 5) is 37.1. The van der Waals surface area contributed by atoms with Gasteiger partial charge in [-0.25, -0.2) is 0 Å². The zero-order valence-electron chi connectivity index (χ0n) is 16.9. The summed E-state index contributed by atoms with van der Waals surface area (Å²) in [6.07, 6.45) is 8.43. The molecule has 4 rings (SSSR count). The van der Waals surface area contributed by atoms with Crippen molar-refractivity contribution in [2.24, 2.45) is 34.5 Å². The fraction of sp³-hybridized carbons (Fsp3) is 0.783. The largest absolute Gasteiger partial charge is 0.466 e. The predicted octanol–water partition coefficient (Wildman–Crippen LogP) is 4.27. The number of rotatable bonds is 3. The second-order valence-corrected chi connectivity index (χ2v) is 9.74. The number of ether oxygens (including phenoxy) is 1. The Balaban J connectivity index is 1.65. The summed E-state index contributed by atoms with van der Waals surface area (Å²) < 4.78 is 5.21. The summed E-state index contributed by atoms with van der Waals surface area (Å²) in [6, 6.07) is 0. The molecule has 27 heavy (non-hydrogen) atoms. The van der Waals surface area contributed by atoms with E-state index in [1.54, 1.807) is 0 Å². The number of allylic oxidation sites excluding steroid dienone is 1. The fourth-order valence-corrected chi connectivity index (χ4v) is 7.24. The molecule has 148 valence electrons. The minimum Gasteiger partial charge on any atom is -0.466 e. The van der Waals surface area contributed by atoms with Crippen molar-refractivity contribution < 1.29 is 19.1 Å². The lowest BCUT2D eigenvalue weighted by molar-refractivity contribution is -0.146. The van der Waals surface area contributed by atoms with Gasteiger partial charge in [0.1, 0.15) is 5.78 Å². The van der Waals surface area contributed by atoms with Gasteiger partial charge in [-0.2, -0.15) is 0 Å². The summed E-state index contributed by atoms with van der Waals surface area (Å²) in [5, 5.41) is 0. The Hall–Kier alpha value is -1.45. The molecule has 0 aromatic carbocycles. The number of carbonyl (C=O) groups excluding carboxylic acids is 3. The first kappa shape index (κ1) is 18.9. The Morgan fingerprint density at radius 3 is 2.67 bits per heavy atom. The quantitative estimate of drug-likeness (QED) is 0.694. The van der Waals surface area contributed by atoms with Gasteiger partial charge >= 0.3 is 5.97 Å². The molecule has 0 amide bonds. The standard InChI is InChI=1S/C23H32O4/c1-4-27-20(26)12-14-11-19(25)23(3)10-8-18-17(21(14)23)6-5-15-13-16(24)7-9-22(15,18)2/h13-14,17-18,21H,4-12H2,1-3H3/t14-,17-,18+,21+,22+,23-/m1/s1. The molecule has 0 bridgehead atoms. The van der Waals surface area contributed by atoms with Gasteiger partial charge in [0.05, 0.1) is 6.61 Å². The summed E-state index contributed by atoms with van der Waals surface area (Å²) in [7, 11) is 0. The number of hydrogen-bond donors (Lipinski definition) is 0. The molecule has 4 aliphatic rings. The Morgan fingerprint density at radius 2 is 1.93 bits per heavy atom. The maximum Gasteiger partial charge on any atom is 0.306 e. The van der Waals surface area contributed by atoms with Crippen molar-refractivity contribution in [1.29, 1.82) is 0 Å². The van der Waals surface area contributed by atoms with Crippen LogP contribution in [0, 0.1) is 34.5 Å². The molecular formula is C23H32O4. The third-order valence-corrected chi connectivity index (χ3v) is 8.54. The van der Waals surface area contributed by atoms with Gasteiger partial charge < -0.3 is 4.74 Å². The van der Waals surface area contributed by atoms with E-state index in [1.165, 1.54) is 5.57 Å². The van der Waals surface area contributed by atoms with E-state index in [-0.39, 0.29) is 34.4 Å². The summed E-state index contributed by atoms with van der Waals surface area (Å²) in [5.74, 6) is 1.87. The third kappa shape index (κ3) is 2.82. The van der Waals surface area contributed by atoms with Crippen molar-refractivity contribution in [2.75, 3.05) is 6.61 Å². The van der Waals surface area contributed by atoms with E-state index in [0.29, 0.717) is 43.5 Å². The number of Topliss-reactive ketones (excluding diaryl/α,β-unsaturated/α-hetero) is 1. The molecule has 3 saturated carbocycles. The number of ketones is 2. The lowest BCUT2D eigenvalue weighted by atomic mass is 9.46. The molecule has 6 atom stereocenters. The van der Waals surface area contributed by atoms with Crippen LogP contribution in [0.2, 0.25) is 0 Å². The van der Waals surface area contributed by atoms with Gasteiger partial charge in [-0.1, -0.05) is 19.4 Å². The first-order valence-electron chi connectivity index (χ1n) is 10.7. The minimum atomic E-state index is -0.277. The van der Waals surface area contributed by atoms with E-state index in [1.807, 2.05) is 13.0 Å². The van der Waals surface area contributed by atoms with Gasteiger partial charge in [-0.3, -0.25) is 14.4 Å². The molecule has 0 saturated heterocycles. The van der Waals surface area contributed by atoms with Crippen molar-refractivity contribution in [1.82, 2.24) is 0 Å². The first-order valence-corrected chi connectivity index (χ1v) is 10.7. The normalized spacial score (nSPS) is 43.4. The number of esters is 1. The third-order valence-electron chi connectivity index (χ3n) is 8.54. The van der Waals surface area contributed by atoms with Crippen LogP contribution in [0.1, 0.15) is 72.1 Å². The molecular weight excluding hydrogens is 340 g/mol. The average molecular weight is 373 g/mol. The monoisotopic (exact) mass is 372 g/mol. The van der Waals surface area contributed by atoms with Crippen molar-refractivity contribution in [3.63, 3.8) is 0 Å². The van der Waals surface area contributed by atoms with Crippen LogP contribution in [0.25, 0.3) is 0 Å². The number of hydrogen-bond acceptors (Lipinski definition) is 4. The zero-order valence-corrected chi connectivity index (χ0v) is 16.9. The molecule has 0 aliphatic heterocycles. The maximum atomic E-state index is 13.0. The minimum absolute atomic E-state index is 0.0955. The van der Waals surface area contributed by atoms with E-state index in [4.69, 9.17) is 4.74 Å². The Kier molecular flexibility index (Phi) is 4.59. The van der Waals surface area contributed by atoms with Gasteiger partial charge in [0.15, 0.2) is 5.78 Å². The predicted molar refractivity (Wildman–Crippen MR) is 102 cm³/mol. The maximum absolute atomic E-state index is 13.0. The highest BCUT2D eigenvalue weighted by Gasteiger charge is 2.62. The number of fused-ring (bicyclic) bond motifs is 5. The van der Waals surface area contributed by atoms with E-state index in [9.17, 15) is 14.4 Å². The lowest BCUT2D eigenvalue weighted by Gasteiger charge is -2.57. The molecule has 4 nitrogen and oxygen atoms in total. The van der Waals surface area contributed by atoms with Gasteiger partial charge in [0, 0.05) is 24.7 Å². The second kappa shape index (κ2) is 6.56. The van der Waals surface area contributed by atoms with Gasteiger partial charge in [0.2, 0.25) is 0 Å². The smallest absolute Gasteiger partial charge is 0.306 e. The molecule has 0 aromatic rings. The van der Waals surface area contributed by atoms with Crippen molar-refractivity contribution >= 4 is 17.5 Å². The second-order valence-electron chi connectivity index (χ2n) is 9.74. The van der Waals surface area contributed by atoms with Crippen molar-refractivity contribution in [3.8, 4) is 0 Å². The van der Waals surface area contributed by atoms with Crippen LogP contribution in [0.3, 0.4) is 0 Å². The Labute approximate surface area is 162 Å². The SMILES string of the molecule is CCOC(=O)C[C@H]1CC(=O)[C@@]2(C)CC[C@H]3[C@@H](CCC4=CC(=O)CC[C@@]43C)[C@H]12. The van der Waals surface area contributed by atoms with Gasteiger partial charge in [-0.05, 0) is 74.2 Å². The fourth-order valence-electron chi connectivity index (χ4n) is 7.24. The molecule has 0 N–H and O–H groups in total. The van der Waals surface area contributed by atoms with Crippen LogP contribution in [0.4, 0.5) is 0 Å². The molecule has 0 heterocycles. The molecule has 0 aromatic heterocycles. The van der Waals surface area contributed by atoms with E-state index < -0.39 is 0 Å². The number of carbonyl (C=O) groups is 3. The molecule has 0 radical (unpaired) electrons. The van der Waals surface area contributed by atoms with Crippen LogP contribution in [-0.2, 0) is 19.1 Å². The topological polar surface area (TPSA) is 60.4 Å². The van der Waals surface area contributed by atoms with Crippen LogP contribution >= 0.6 is 0 Å². The Bertz CT molecular complexity index is 707.